The van der Waals surface area contributed by atoms with Crippen LogP contribution >= 0.6 is 0 Å². The predicted octanol–water partition coefficient (Wildman–Crippen LogP) is 1.72. The molecule has 1 atom stereocenters. The van der Waals surface area contributed by atoms with Crippen molar-refractivity contribution in [2.75, 3.05) is 12.0 Å². The highest BCUT2D eigenvalue weighted by Gasteiger charge is 2.28. The number of hydrogen-bond donors (Lipinski definition) is 0. The topological polar surface area (TPSA) is 51.2 Å². The van der Waals surface area contributed by atoms with Gasteiger partial charge in [0.2, 0.25) is 0 Å². The van der Waals surface area contributed by atoms with Gasteiger partial charge in [-0.25, -0.2) is 8.42 Å². The predicted molar refractivity (Wildman–Crippen MR) is 66.8 cm³/mol. The molecule has 0 aromatic heterocycles. The number of sulfone groups is 1. The highest BCUT2D eigenvalue weighted by atomic mass is 32.2. The van der Waals surface area contributed by atoms with Crippen molar-refractivity contribution in [2.24, 2.45) is 0 Å². The van der Waals surface area contributed by atoms with E-state index in [2.05, 4.69) is 0 Å². The first kappa shape index (κ1) is 12.3. The molecular weight excluding hydrogens is 236 g/mol. The van der Waals surface area contributed by atoms with E-state index in [4.69, 9.17) is 0 Å². The summed E-state index contributed by atoms with van der Waals surface area (Å²) in [6, 6.07) is 7.92. The van der Waals surface area contributed by atoms with E-state index in [1.807, 2.05) is 24.3 Å². The van der Waals surface area contributed by atoms with E-state index >= 15 is 0 Å². The molecule has 0 spiro atoms. The second kappa shape index (κ2) is 4.61. The lowest BCUT2D eigenvalue weighted by Crippen LogP contribution is -2.15. The van der Waals surface area contributed by atoms with Crippen LogP contribution in [0, 0.1) is 0 Å². The zero-order valence-corrected chi connectivity index (χ0v) is 10.7. The highest BCUT2D eigenvalue weighted by Crippen LogP contribution is 2.34. The molecule has 1 aliphatic carbocycles. The molecule has 0 N–H and O–H groups in total. The maximum Gasteiger partial charge on any atom is 0.147 e. The molecule has 1 aromatic carbocycles. The van der Waals surface area contributed by atoms with Crippen molar-refractivity contribution in [3.63, 3.8) is 0 Å². The lowest BCUT2D eigenvalue weighted by atomic mass is 9.95. The van der Waals surface area contributed by atoms with Gasteiger partial charge in [-0.1, -0.05) is 24.3 Å². The average molecular weight is 252 g/mol. The summed E-state index contributed by atoms with van der Waals surface area (Å²) in [5, 5.41) is 0. The number of carbonyl (C=O) groups is 1. The Hall–Kier alpha value is -1.16. The van der Waals surface area contributed by atoms with Crippen LogP contribution in [0.4, 0.5) is 0 Å². The fourth-order valence-corrected chi connectivity index (χ4v) is 2.92. The van der Waals surface area contributed by atoms with Crippen molar-refractivity contribution < 1.29 is 13.2 Å². The summed E-state index contributed by atoms with van der Waals surface area (Å²) < 4.78 is 22.1. The Bertz CT molecular complexity index is 531. The number of carbonyl (C=O) groups excluding carboxylic acids is 1. The molecule has 0 fully saturated rings. The Balaban J connectivity index is 2.08. The maximum absolute atomic E-state index is 12.0. The Morgan fingerprint density at radius 2 is 2.06 bits per heavy atom. The van der Waals surface area contributed by atoms with E-state index in [1.165, 1.54) is 11.8 Å². The minimum Gasteiger partial charge on any atom is -0.299 e. The molecule has 2 rings (SSSR count). The molecule has 4 heteroatoms. The fourth-order valence-electron chi connectivity index (χ4n) is 2.35. The quantitative estimate of drug-likeness (QED) is 0.820. The molecule has 0 radical (unpaired) electrons. The monoisotopic (exact) mass is 252 g/mol. The van der Waals surface area contributed by atoms with Gasteiger partial charge in [-0.05, 0) is 24.0 Å². The SMILES string of the molecule is CS(=O)(=O)CCC(=O)C1CCc2ccccc21. The molecule has 0 saturated carbocycles. The van der Waals surface area contributed by atoms with Crippen LogP contribution in [0.1, 0.15) is 29.9 Å². The summed E-state index contributed by atoms with van der Waals surface area (Å²) in [6.07, 6.45) is 3.05. The average Bonchev–Trinajstić information content (AvgIpc) is 2.68. The molecule has 0 heterocycles. The lowest BCUT2D eigenvalue weighted by Gasteiger charge is -2.09. The van der Waals surface area contributed by atoms with Crippen molar-refractivity contribution >= 4 is 15.6 Å². The van der Waals surface area contributed by atoms with Gasteiger partial charge < -0.3 is 0 Å². The van der Waals surface area contributed by atoms with Crippen molar-refractivity contribution in [1.29, 1.82) is 0 Å². The van der Waals surface area contributed by atoms with Gasteiger partial charge in [0.25, 0.3) is 0 Å². The van der Waals surface area contributed by atoms with E-state index in [0.717, 1.165) is 18.4 Å². The Labute approximate surface area is 102 Å². The van der Waals surface area contributed by atoms with Gasteiger partial charge in [0.15, 0.2) is 0 Å². The summed E-state index contributed by atoms with van der Waals surface area (Å²) >= 11 is 0. The first-order valence-corrected chi connectivity index (χ1v) is 7.81. The van der Waals surface area contributed by atoms with Crippen molar-refractivity contribution in [1.82, 2.24) is 0 Å². The van der Waals surface area contributed by atoms with Gasteiger partial charge in [-0.3, -0.25) is 4.79 Å². The number of aryl methyl sites for hydroxylation is 1. The third-order valence-corrected chi connectivity index (χ3v) is 4.19. The van der Waals surface area contributed by atoms with E-state index in [0.29, 0.717) is 0 Å². The van der Waals surface area contributed by atoms with Crippen LogP contribution in [0.2, 0.25) is 0 Å². The van der Waals surface area contributed by atoms with E-state index in [-0.39, 0.29) is 23.9 Å². The molecule has 1 aliphatic rings. The smallest absolute Gasteiger partial charge is 0.147 e. The first-order chi connectivity index (χ1) is 7.97. The largest absolute Gasteiger partial charge is 0.299 e. The molecule has 3 nitrogen and oxygen atoms in total. The van der Waals surface area contributed by atoms with Crippen LogP contribution in [0.25, 0.3) is 0 Å². The van der Waals surface area contributed by atoms with Crippen LogP contribution in [0.15, 0.2) is 24.3 Å². The van der Waals surface area contributed by atoms with Crippen molar-refractivity contribution in [3.8, 4) is 0 Å². The van der Waals surface area contributed by atoms with Gasteiger partial charge >= 0.3 is 0 Å². The molecular formula is C13H16O3S. The van der Waals surface area contributed by atoms with Crippen LogP contribution in [0.3, 0.4) is 0 Å². The van der Waals surface area contributed by atoms with Crippen molar-refractivity contribution in [2.45, 2.75) is 25.2 Å². The number of fused-ring (bicyclic) bond motifs is 1. The number of Topliss-reactive ketones (excluding diaryl/α,β-unsaturated/α-hetero) is 1. The summed E-state index contributed by atoms with van der Waals surface area (Å²) in [5.41, 5.74) is 2.32. The third kappa shape index (κ3) is 2.94. The number of benzene rings is 1. The first-order valence-electron chi connectivity index (χ1n) is 5.75. The molecule has 0 amide bonds. The molecule has 0 saturated heterocycles. The second-order valence-corrected chi connectivity index (χ2v) is 6.90. The third-order valence-electron chi connectivity index (χ3n) is 3.24. The van der Waals surface area contributed by atoms with E-state index in [9.17, 15) is 13.2 Å². The van der Waals surface area contributed by atoms with Gasteiger partial charge in [-0.15, -0.1) is 0 Å². The zero-order chi connectivity index (χ0) is 12.5. The standard InChI is InChI=1S/C13H16O3S/c1-17(15,16)9-8-13(14)12-7-6-10-4-2-3-5-11(10)12/h2-5,12H,6-9H2,1H3. The summed E-state index contributed by atoms with van der Waals surface area (Å²) in [7, 11) is -3.05. The molecule has 1 aromatic rings. The van der Waals surface area contributed by atoms with Crippen LogP contribution in [0.5, 0.6) is 0 Å². The minimum absolute atomic E-state index is 0.0372. The highest BCUT2D eigenvalue weighted by molar-refractivity contribution is 7.90. The van der Waals surface area contributed by atoms with Crippen molar-refractivity contribution in [3.05, 3.63) is 35.4 Å². The normalized spacial score (nSPS) is 19.0. The van der Waals surface area contributed by atoms with Gasteiger partial charge in [0.1, 0.15) is 15.6 Å². The number of hydrogen-bond acceptors (Lipinski definition) is 3. The minimum atomic E-state index is -3.05. The Morgan fingerprint density at radius 1 is 1.35 bits per heavy atom. The number of ketones is 1. The summed E-state index contributed by atoms with van der Waals surface area (Å²) in [4.78, 5) is 12.0. The lowest BCUT2D eigenvalue weighted by molar-refractivity contribution is -0.120. The van der Waals surface area contributed by atoms with Gasteiger partial charge in [0, 0.05) is 18.6 Å². The molecule has 17 heavy (non-hydrogen) atoms. The van der Waals surface area contributed by atoms with Gasteiger partial charge in [0.05, 0.1) is 5.75 Å². The Morgan fingerprint density at radius 3 is 2.76 bits per heavy atom. The van der Waals surface area contributed by atoms with Crippen LogP contribution < -0.4 is 0 Å². The Kier molecular flexibility index (Phi) is 3.33. The van der Waals surface area contributed by atoms with E-state index in [1.54, 1.807) is 0 Å². The van der Waals surface area contributed by atoms with Gasteiger partial charge in [-0.2, -0.15) is 0 Å². The van der Waals surface area contributed by atoms with E-state index < -0.39 is 9.84 Å². The van der Waals surface area contributed by atoms with Crippen LogP contribution in [-0.2, 0) is 21.1 Å². The molecule has 0 aliphatic heterocycles. The summed E-state index contributed by atoms with van der Waals surface area (Å²) in [5.74, 6) is -0.0712. The molecule has 0 bridgehead atoms. The summed E-state index contributed by atoms with van der Waals surface area (Å²) in [6.45, 7) is 0. The fraction of sp³-hybridized carbons (Fsp3) is 0.462. The maximum atomic E-state index is 12.0. The number of rotatable bonds is 4. The molecule has 92 valence electrons. The van der Waals surface area contributed by atoms with Crippen LogP contribution in [-0.4, -0.2) is 26.2 Å². The second-order valence-electron chi connectivity index (χ2n) is 4.64. The zero-order valence-electron chi connectivity index (χ0n) is 9.85. The molecule has 1 unspecified atom stereocenters.